The van der Waals surface area contributed by atoms with Crippen molar-refractivity contribution in [1.82, 2.24) is 14.8 Å². The number of hydrogen-bond donors (Lipinski definition) is 1. The molecule has 0 fully saturated rings. The molecule has 3 aromatic rings. The molecule has 1 aromatic heterocycles. The van der Waals surface area contributed by atoms with Gasteiger partial charge in [-0.2, -0.15) is 0 Å². The Labute approximate surface area is 178 Å². The third kappa shape index (κ3) is 5.18. The van der Waals surface area contributed by atoms with Crippen molar-refractivity contribution < 1.29 is 19.1 Å². The van der Waals surface area contributed by atoms with Crippen molar-refractivity contribution in [2.24, 2.45) is 0 Å². The quantitative estimate of drug-likeness (QED) is 0.435. The Morgan fingerprint density at radius 1 is 1.07 bits per heavy atom. The number of carbonyl (C=O) groups is 2. The highest BCUT2D eigenvalue weighted by Crippen LogP contribution is 2.23. The third-order valence-electron chi connectivity index (χ3n) is 4.14. The number of thioether (sulfide) groups is 1. The van der Waals surface area contributed by atoms with Crippen LogP contribution in [0.4, 0.5) is 5.69 Å². The Kier molecular flexibility index (Phi) is 7.08. The number of ether oxygens (including phenoxy) is 2. The van der Waals surface area contributed by atoms with Crippen LogP contribution in [0.2, 0.25) is 0 Å². The minimum absolute atomic E-state index is 0.161. The molecule has 0 radical (unpaired) electrons. The number of anilines is 1. The number of aromatic nitrogens is 3. The van der Waals surface area contributed by atoms with E-state index in [2.05, 4.69) is 15.5 Å². The molecule has 0 bridgehead atoms. The lowest BCUT2D eigenvalue weighted by molar-refractivity contribution is -0.113. The number of aryl methyl sites for hydroxylation is 1. The maximum absolute atomic E-state index is 12.3. The van der Waals surface area contributed by atoms with Gasteiger partial charge in [0.2, 0.25) is 5.91 Å². The molecule has 30 heavy (non-hydrogen) atoms. The number of rotatable bonds is 8. The van der Waals surface area contributed by atoms with Crippen LogP contribution < -0.4 is 10.1 Å². The van der Waals surface area contributed by atoms with Gasteiger partial charge in [0.1, 0.15) is 11.6 Å². The summed E-state index contributed by atoms with van der Waals surface area (Å²) in [7, 11) is 1.61. The molecule has 9 heteroatoms. The van der Waals surface area contributed by atoms with E-state index in [1.165, 1.54) is 11.8 Å². The van der Waals surface area contributed by atoms with Crippen molar-refractivity contribution >= 4 is 29.3 Å². The summed E-state index contributed by atoms with van der Waals surface area (Å²) in [5, 5.41) is 11.7. The summed E-state index contributed by atoms with van der Waals surface area (Å²) >= 11 is 1.29. The van der Waals surface area contributed by atoms with Gasteiger partial charge >= 0.3 is 5.97 Å². The molecule has 0 spiro atoms. The number of esters is 1. The van der Waals surface area contributed by atoms with Gasteiger partial charge in [0, 0.05) is 11.4 Å². The van der Waals surface area contributed by atoms with Crippen LogP contribution in [0.1, 0.15) is 23.1 Å². The van der Waals surface area contributed by atoms with Crippen molar-refractivity contribution in [1.29, 1.82) is 0 Å². The van der Waals surface area contributed by atoms with E-state index in [4.69, 9.17) is 9.47 Å². The van der Waals surface area contributed by atoms with Crippen molar-refractivity contribution in [2.45, 2.75) is 19.0 Å². The Balaban J connectivity index is 1.62. The minimum atomic E-state index is -0.390. The van der Waals surface area contributed by atoms with Crippen LogP contribution in [-0.2, 0) is 9.53 Å². The fourth-order valence-electron chi connectivity index (χ4n) is 2.70. The van der Waals surface area contributed by atoms with Crippen LogP contribution in [0, 0.1) is 6.92 Å². The maximum Gasteiger partial charge on any atom is 0.338 e. The molecule has 0 aliphatic carbocycles. The summed E-state index contributed by atoms with van der Waals surface area (Å²) in [6, 6.07) is 14.1. The highest BCUT2D eigenvalue weighted by atomic mass is 32.2. The zero-order valence-electron chi connectivity index (χ0n) is 16.9. The van der Waals surface area contributed by atoms with E-state index >= 15 is 0 Å². The number of carbonyl (C=O) groups excluding carboxylic acids is 2. The van der Waals surface area contributed by atoms with Crippen LogP contribution in [0.5, 0.6) is 5.75 Å². The second kappa shape index (κ2) is 9.93. The molecule has 0 aliphatic rings. The van der Waals surface area contributed by atoms with E-state index in [9.17, 15) is 9.59 Å². The molecule has 0 atom stereocenters. The Bertz CT molecular complexity index is 1020. The lowest BCUT2D eigenvalue weighted by Gasteiger charge is -2.09. The van der Waals surface area contributed by atoms with Crippen LogP contribution in [0.25, 0.3) is 5.69 Å². The van der Waals surface area contributed by atoms with E-state index in [1.54, 1.807) is 38.3 Å². The van der Waals surface area contributed by atoms with Gasteiger partial charge in [-0.25, -0.2) is 4.79 Å². The van der Waals surface area contributed by atoms with Crippen molar-refractivity contribution in [3.8, 4) is 11.4 Å². The number of amides is 1. The van der Waals surface area contributed by atoms with Crippen LogP contribution in [0.15, 0.2) is 53.7 Å². The number of methoxy groups -OCH3 is 1. The van der Waals surface area contributed by atoms with E-state index in [0.29, 0.717) is 23.0 Å². The first-order valence-electron chi connectivity index (χ1n) is 9.28. The first kappa shape index (κ1) is 21.4. The highest BCUT2D eigenvalue weighted by Gasteiger charge is 2.14. The number of hydrogen-bond acceptors (Lipinski definition) is 7. The Hall–Kier alpha value is -3.33. The molecule has 0 saturated carbocycles. The number of nitrogens with zero attached hydrogens (tertiary/aromatic N) is 3. The first-order valence-corrected chi connectivity index (χ1v) is 10.3. The van der Waals surface area contributed by atoms with Crippen molar-refractivity contribution in [2.75, 3.05) is 24.8 Å². The highest BCUT2D eigenvalue weighted by molar-refractivity contribution is 7.99. The molecule has 1 heterocycles. The van der Waals surface area contributed by atoms with Gasteiger partial charge in [-0.1, -0.05) is 11.8 Å². The average Bonchev–Trinajstić information content (AvgIpc) is 3.13. The fraction of sp³-hybridized carbons (Fsp3) is 0.238. The molecular formula is C21H22N4O4S. The standard InChI is InChI=1S/C21H22N4O4S/c1-4-29-20(27)15-5-7-16(8-6-15)22-19(26)13-30-21-24-23-14(2)25(21)17-9-11-18(28-3)12-10-17/h5-12H,4,13H2,1-3H3,(H,22,26). The molecule has 0 unspecified atom stereocenters. The maximum atomic E-state index is 12.3. The van der Waals surface area contributed by atoms with Crippen molar-refractivity contribution in [3.05, 3.63) is 59.9 Å². The molecule has 1 N–H and O–H groups in total. The molecule has 0 aliphatic heterocycles. The predicted octanol–water partition coefficient (Wildman–Crippen LogP) is 3.49. The number of benzene rings is 2. The SMILES string of the molecule is CCOC(=O)c1ccc(NC(=O)CSc2nnc(C)n2-c2ccc(OC)cc2)cc1. The van der Waals surface area contributed by atoms with Crippen LogP contribution in [-0.4, -0.2) is 46.1 Å². The van der Waals surface area contributed by atoms with Gasteiger partial charge in [0.15, 0.2) is 5.16 Å². The zero-order valence-corrected chi connectivity index (χ0v) is 17.7. The summed E-state index contributed by atoms with van der Waals surface area (Å²) in [5.74, 6) is 1.06. The number of nitrogens with one attached hydrogen (secondary N) is 1. The summed E-state index contributed by atoms with van der Waals surface area (Å²) in [6.45, 7) is 3.92. The van der Waals surface area contributed by atoms with Gasteiger partial charge in [-0.15, -0.1) is 10.2 Å². The molecule has 8 nitrogen and oxygen atoms in total. The second-order valence-electron chi connectivity index (χ2n) is 6.20. The summed E-state index contributed by atoms with van der Waals surface area (Å²) in [5.41, 5.74) is 1.92. The van der Waals surface area contributed by atoms with Crippen LogP contribution >= 0.6 is 11.8 Å². The van der Waals surface area contributed by atoms with Crippen LogP contribution in [0.3, 0.4) is 0 Å². The smallest absolute Gasteiger partial charge is 0.338 e. The van der Waals surface area contributed by atoms with Gasteiger partial charge in [-0.05, 0) is 62.4 Å². The van der Waals surface area contributed by atoms with Gasteiger partial charge in [0.25, 0.3) is 0 Å². The van der Waals surface area contributed by atoms with E-state index < -0.39 is 0 Å². The molecule has 3 rings (SSSR count). The zero-order chi connectivity index (χ0) is 21.5. The fourth-order valence-corrected chi connectivity index (χ4v) is 3.49. The largest absolute Gasteiger partial charge is 0.497 e. The Morgan fingerprint density at radius 3 is 2.40 bits per heavy atom. The molecule has 156 valence electrons. The van der Waals surface area contributed by atoms with E-state index in [0.717, 1.165) is 17.3 Å². The topological polar surface area (TPSA) is 95.3 Å². The van der Waals surface area contributed by atoms with E-state index in [1.807, 2.05) is 35.8 Å². The van der Waals surface area contributed by atoms with Gasteiger partial charge < -0.3 is 14.8 Å². The second-order valence-corrected chi connectivity index (χ2v) is 7.14. The normalized spacial score (nSPS) is 10.5. The van der Waals surface area contributed by atoms with E-state index in [-0.39, 0.29) is 17.6 Å². The summed E-state index contributed by atoms with van der Waals surface area (Å²) in [4.78, 5) is 24.0. The van der Waals surface area contributed by atoms with Gasteiger partial charge in [0.05, 0.1) is 25.0 Å². The lowest BCUT2D eigenvalue weighted by atomic mass is 10.2. The first-order chi connectivity index (χ1) is 14.5. The lowest BCUT2D eigenvalue weighted by Crippen LogP contribution is -2.15. The predicted molar refractivity (Wildman–Crippen MR) is 114 cm³/mol. The van der Waals surface area contributed by atoms with Gasteiger partial charge in [-0.3, -0.25) is 9.36 Å². The van der Waals surface area contributed by atoms with Crippen molar-refractivity contribution in [3.63, 3.8) is 0 Å². The minimum Gasteiger partial charge on any atom is -0.497 e. The average molecular weight is 426 g/mol. The molecule has 0 saturated heterocycles. The Morgan fingerprint density at radius 2 is 1.77 bits per heavy atom. The molecule has 1 amide bonds. The monoisotopic (exact) mass is 426 g/mol. The molecule has 2 aromatic carbocycles. The third-order valence-corrected chi connectivity index (χ3v) is 5.07. The summed E-state index contributed by atoms with van der Waals surface area (Å²) < 4.78 is 12.0. The molecular weight excluding hydrogens is 404 g/mol. The summed E-state index contributed by atoms with van der Waals surface area (Å²) in [6.07, 6.45) is 0.